The van der Waals surface area contributed by atoms with Gasteiger partial charge in [-0.15, -0.1) is 0 Å². The second kappa shape index (κ2) is 4.28. The molecule has 3 aromatic rings. The number of nitrogens with one attached hydrogen (secondary N) is 1. The summed E-state index contributed by atoms with van der Waals surface area (Å²) >= 11 is 0. The Kier molecular flexibility index (Phi) is 2.41. The predicted octanol–water partition coefficient (Wildman–Crippen LogP) is 2.55. The topological polar surface area (TPSA) is 74.2 Å². The smallest absolute Gasteiger partial charge is 0.178 e. The molecule has 102 valence electrons. The van der Waals surface area contributed by atoms with E-state index < -0.39 is 5.54 Å². The van der Waals surface area contributed by atoms with Gasteiger partial charge < -0.3 is 10.1 Å². The summed E-state index contributed by atoms with van der Waals surface area (Å²) in [5, 5.41) is 10.8. The SMILES string of the molecule is Oc1cccc2cnc(C3(c4ccc[nH]4)C=CC=N3)nc12. The minimum atomic E-state index is -0.750. The van der Waals surface area contributed by atoms with E-state index >= 15 is 0 Å². The number of allylic oxidation sites excluding steroid dienone is 1. The first-order chi connectivity index (χ1) is 10.3. The van der Waals surface area contributed by atoms with Crippen LogP contribution in [0.4, 0.5) is 0 Å². The molecule has 0 saturated heterocycles. The summed E-state index contributed by atoms with van der Waals surface area (Å²) in [5.41, 5.74) is 0.672. The van der Waals surface area contributed by atoms with Gasteiger partial charge in [-0.3, -0.25) is 4.99 Å². The molecule has 0 saturated carbocycles. The third-order valence-corrected chi connectivity index (χ3v) is 3.64. The number of aromatic amines is 1. The van der Waals surface area contributed by atoms with E-state index in [1.165, 1.54) is 0 Å². The Labute approximate surface area is 120 Å². The molecular formula is C16H12N4O. The Balaban J connectivity index is 1.98. The van der Waals surface area contributed by atoms with Crippen LogP contribution < -0.4 is 0 Å². The van der Waals surface area contributed by atoms with Gasteiger partial charge in [0.25, 0.3) is 0 Å². The Morgan fingerprint density at radius 1 is 1.14 bits per heavy atom. The Morgan fingerprint density at radius 2 is 2.10 bits per heavy atom. The second-order valence-corrected chi connectivity index (χ2v) is 4.90. The predicted molar refractivity (Wildman–Crippen MR) is 80.4 cm³/mol. The van der Waals surface area contributed by atoms with Gasteiger partial charge >= 0.3 is 0 Å². The number of fused-ring (bicyclic) bond motifs is 1. The summed E-state index contributed by atoms with van der Waals surface area (Å²) in [6, 6.07) is 9.12. The first kappa shape index (κ1) is 11.8. The largest absolute Gasteiger partial charge is 0.506 e. The molecule has 21 heavy (non-hydrogen) atoms. The summed E-state index contributed by atoms with van der Waals surface area (Å²) in [4.78, 5) is 16.7. The third-order valence-electron chi connectivity index (χ3n) is 3.64. The van der Waals surface area contributed by atoms with Gasteiger partial charge in [0.15, 0.2) is 11.4 Å². The van der Waals surface area contributed by atoms with E-state index in [2.05, 4.69) is 19.9 Å². The molecular weight excluding hydrogens is 264 g/mol. The van der Waals surface area contributed by atoms with E-state index in [9.17, 15) is 5.11 Å². The molecule has 2 aromatic heterocycles. The number of hydrogen-bond donors (Lipinski definition) is 2. The van der Waals surface area contributed by atoms with Gasteiger partial charge in [-0.25, -0.2) is 9.97 Å². The van der Waals surface area contributed by atoms with Crippen LogP contribution in [0.1, 0.15) is 11.5 Å². The molecule has 5 nitrogen and oxygen atoms in total. The van der Waals surface area contributed by atoms with Crippen molar-refractivity contribution in [3.63, 3.8) is 0 Å². The van der Waals surface area contributed by atoms with Gasteiger partial charge in [0.1, 0.15) is 11.3 Å². The molecule has 3 heterocycles. The molecule has 1 aliphatic rings. The number of rotatable bonds is 2. The van der Waals surface area contributed by atoms with Gasteiger partial charge in [0.2, 0.25) is 0 Å². The van der Waals surface area contributed by atoms with Crippen LogP contribution >= 0.6 is 0 Å². The molecule has 0 spiro atoms. The molecule has 1 aliphatic heterocycles. The van der Waals surface area contributed by atoms with Gasteiger partial charge in [-0.1, -0.05) is 12.1 Å². The summed E-state index contributed by atoms with van der Waals surface area (Å²) in [6.07, 6.45) is 9.11. The van der Waals surface area contributed by atoms with Crippen molar-refractivity contribution in [2.45, 2.75) is 5.54 Å². The van der Waals surface area contributed by atoms with Crippen LogP contribution in [0.15, 0.2) is 59.9 Å². The molecule has 0 amide bonds. The maximum atomic E-state index is 10.00. The summed E-state index contributed by atoms with van der Waals surface area (Å²) < 4.78 is 0. The number of phenolic OH excluding ortho intramolecular Hbond substituents is 1. The van der Waals surface area contributed by atoms with Crippen molar-refractivity contribution in [1.29, 1.82) is 0 Å². The van der Waals surface area contributed by atoms with E-state index in [-0.39, 0.29) is 5.75 Å². The van der Waals surface area contributed by atoms with E-state index in [4.69, 9.17) is 0 Å². The standard InChI is InChI=1S/C16H12N4O/c21-12-5-1-4-11-10-18-15(20-14(11)12)16(7-3-9-19-16)13-6-2-8-17-13/h1-10,17,21H. The fourth-order valence-corrected chi connectivity index (χ4v) is 2.59. The van der Waals surface area contributed by atoms with Gasteiger partial charge in [-0.2, -0.15) is 0 Å². The number of hydrogen-bond acceptors (Lipinski definition) is 4. The Morgan fingerprint density at radius 3 is 2.86 bits per heavy atom. The highest BCUT2D eigenvalue weighted by Gasteiger charge is 2.36. The summed E-state index contributed by atoms with van der Waals surface area (Å²) in [6.45, 7) is 0. The van der Waals surface area contributed by atoms with E-state index in [1.807, 2.05) is 36.5 Å². The van der Waals surface area contributed by atoms with E-state index in [1.54, 1.807) is 24.5 Å². The average Bonchev–Trinajstić information content (AvgIpc) is 3.19. The van der Waals surface area contributed by atoms with Crippen LogP contribution in [0.25, 0.3) is 10.9 Å². The van der Waals surface area contributed by atoms with Crippen LogP contribution in [0.5, 0.6) is 5.75 Å². The van der Waals surface area contributed by atoms with Crippen molar-refractivity contribution in [1.82, 2.24) is 15.0 Å². The van der Waals surface area contributed by atoms with Crippen LogP contribution in [-0.2, 0) is 5.54 Å². The van der Waals surface area contributed by atoms with Crippen LogP contribution in [0.3, 0.4) is 0 Å². The molecule has 5 heteroatoms. The molecule has 4 rings (SSSR count). The molecule has 0 fully saturated rings. The lowest BCUT2D eigenvalue weighted by Gasteiger charge is -2.21. The number of para-hydroxylation sites is 1. The van der Waals surface area contributed by atoms with Gasteiger partial charge in [-0.05, 0) is 30.4 Å². The Hall–Kier alpha value is -2.95. The highest BCUT2D eigenvalue weighted by atomic mass is 16.3. The van der Waals surface area contributed by atoms with E-state index in [0.717, 1.165) is 11.1 Å². The molecule has 0 aliphatic carbocycles. The first-order valence-electron chi connectivity index (χ1n) is 6.62. The van der Waals surface area contributed by atoms with Crippen molar-refractivity contribution in [3.8, 4) is 5.75 Å². The number of benzene rings is 1. The molecule has 0 bridgehead atoms. The number of phenols is 1. The number of nitrogens with zero attached hydrogens (tertiary/aromatic N) is 3. The highest BCUT2D eigenvalue weighted by Crippen LogP contribution is 2.35. The van der Waals surface area contributed by atoms with Gasteiger partial charge in [0.05, 0.1) is 5.69 Å². The molecule has 1 unspecified atom stereocenters. The normalized spacial score (nSPS) is 20.4. The lowest BCUT2D eigenvalue weighted by Crippen LogP contribution is -2.24. The minimum Gasteiger partial charge on any atom is -0.506 e. The zero-order valence-corrected chi connectivity index (χ0v) is 11.1. The lowest BCUT2D eigenvalue weighted by molar-refractivity contribution is 0.479. The highest BCUT2D eigenvalue weighted by molar-refractivity contribution is 5.84. The van der Waals surface area contributed by atoms with Crippen molar-refractivity contribution in [2.24, 2.45) is 4.99 Å². The molecule has 1 atom stereocenters. The summed E-state index contributed by atoms with van der Waals surface area (Å²) in [5.74, 6) is 0.674. The quantitative estimate of drug-likeness (QED) is 0.755. The Bertz CT molecular complexity index is 853. The zero-order valence-electron chi connectivity index (χ0n) is 11.1. The third kappa shape index (κ3) is 1.67. The van der Waals surface area contributed by atoms with Crippen LogP contribution in [0.2, 0.25) is 0 Å². The first-order valence-corrected chi connectivity index (χ1v) is 6.62. The van der Waals surface area contributed by atoms with Gasteiger partial charge in [0, 0.05) is 24.0 Å². The van der Waals surface area contributed by atoms with E-state index in [0.29, 0.717) is 11.3 Å². The maximum Gasteiger partial charge on any atom is 0.178 e. The average molecular weight is 276 g/mol. The van der Waals surface area contributed by atoms with Crippen LogP contribution in [-0.4, -0.2) is 26.3 Å². The molecule has 1 aromatic carbocycles. The molecule has 2 N–H and O–H groups in total. The fraction of sp³-hybridized carbons (Fsp3) is 0.0625. The summed E-state index contributed by atoms with van der Waals surface area (Å²) in [7, 11) is 0. The maximum absolute atomic E-state index is 10.00. The van der Waals surface area contributed by atoms with Crippen LogP contribution in [0, 0.1) is 0 Å². The van der Waals surface area contributed by atoms with Crippen molar-refractivity contribution in [3.05, 3.63) is 66.4 Å². The minimum absolute atomic E-state index is 0.142. The monoisotopic (exact) mass is 276 g/mol. The fourth-order valence-electron chi connectivity index (χ4n) is 2.59. The number of aliphatic imine (C=N–C) groups is 1. The second-order valence-electron chi connectivity index (χ2n) is 4.90. The van der Waals surface area contributed by atoms with Crippen molar-refractivity contribution >= 4 is 17.1 Å². The number of H-pyrrole nitrogens is 1. The van der Waals surface area contributed by atoms with Crippen molar-refractivity contribution < 1.29 is 5.11 Å². The number of aromatic nitrogens is 3. The lowest BCUT2D eigenvalue weighted by atomic mass is 9.95. The van der Waals surface area contributed by atoms with Crippen molar-refractivity contribution in [2.75, 3.05) is 0 Å². The zero-order chi connectivity index (χ0) is 14.3. The number of aromatic hydroxyl groups is 1. The molecule has 0 radical (unpaired) electrons.